The fraction of sp³-hybridized carbons (Fsp3) is 0. The molecular weight excluding hydrogens is 358 g/mol. The van der Waals surface area contributed by atoms with Gasteiger partial charge in [-0.25, -0.2) is 9.78 Å². The predicted molar refractivity (Wildman–Crippen MR) is 105 cm³/mol. The SMILES string of the molecule is Nc1c(Nc2ccc(C(=O)O)cc2)ncnc1Oc1cccc2cccnc12. The van der Waals surface area contributed by atoms with Crippen molar-refractivity contribution < 1.29 is 14.6 Å². The molecule has 4 rings (SSSR count). The average molecular weight is 373 g/mol. The molecule has 0 aliphatic heterocycles. The van der Waals surface area contributed by atoms with Crippen LogP contribution in [0.25, 0.3) is 10.9 Å². The van der Waals surface area contributed by atoms with Crippen molar-refractivity contribution in [3.63, 3.8) is 0 Å². The number of nitrogens with two attached hydrogens (primary N) is 1. The minimum absolute atomic E-state index is 0.189. The van der Waals surface area contributed by atoms with Crippen LogP contribution in [0, 0.1) is 0 Å². The van der Waals surface area contributed by atoms with E-state index in [0.29, 0.717) is 22.8 Å². The Bertz CT molecular complexity index is 1160. The molecule has 8 heteroatoms. The Balaban J connectivity index is 1.62. The molecule has 0 unspecified atom stereocenters. The highest BCUT2D eigenvalue weighted by molar-refractivity contribution is 5.88. The summed E-state index contributed by atoms with van der Waals surface area (Å²) in [7, 11) is 0. The van der Waals surface area contributed by atoms with Crippen LogP contribution in [0.4, 0.5) is 17.2 Å². The number of carbonyl (C=O) groups is 1. The van der Waals surface area contributed by atoms with E-state index in [1.54, 1.807) is 24.4 Å². The van der Waals surface area contributed by atoms with E-state index in [0.717, 1.165) is 5.39 Å². The first kappa shape index (κ1) is 17.2. The number of anilines is 3. The monoisotopic (exact) mass is 373 g/mol. The van der Waals surface area contributed by atoms with Crippen molar-refractivity contribution in [2.45, 2.75) is 0 Å². The molecule has 0 saturated carbocycles. The van der Waals surface area contributed by atoms with E-state index in [-0.39, 0.29) is 17.1 Å². The molecule has 2 aromatic heterocycles. The summed E-state index contributed by atoms with van der Waals surface area (Å²) in [6.07, 6.45) is 3.02. The fourth-order valence-corrected chi connectivity index (χ4v) is 2.66. The lowest BCUT2D eigenvalue weighted by atomic mass is 10.2. The van der Waals surface area contributed by atoms with Gasteiger partial charge in [-0.2, -0.15) is 4.98 Å². The maximum Gasteiger partial charge on any atom is 0.335 e. The van der Waals surface area contributed by atoms with Gasteiger partial charge in [-0.3, -0.25) is 4.98 Å². The number of hydrogen-bond acceptors (Lipinski definition) is 7. The molecule has 2 aromatic carbocycles. The number of nitrogens with one attached hydrogen (secondary N) is 1. The summed E-state index contributed by atoms with van der Waals surface area (Å²) < 4.78 is 5.90. The van der Waals surface area contributed by atoms with Crippen LogP contribution < -0.4 is 15.8 Å². The van der Waals surface area contributed by atoms with E-state index in [4.69, 9.17) is 15.6 Å². The molecule has 8 nitrogen and oxygen atoms in total. The average Bonchev–Trinajstić information content (AvgIpc) is 2.71. The topological polar surface area (TPSA) is 123 Å². The number of ether oxygens (including phenoxy) is 1. The largest absolute Gasteiger partial charge is 0.478 e. The zero-order valence-electron chi connectivity index (χ0n) is 14.5. The molecule has 0 saturated heterocycles. The van der Waals surface area contributed by atoms with Crippen molar-refractivity contribution in [2.24, 2.45) is 0 Å². The third kappa shape index (κ3) is 3.38. The number of hydrogen-bond donors (Lipinski definition) is 3. The van der Waals surface area contributed by atoms with E-state index >= 15 is 0 Å². The van der Waals surface area contributed by atoms with Gasteiger partial charge in [-0.05, 0) is 36.4 Å². The summed E-state index contributed by atoms with van der Waals surface area (Å²) in [5.74, 6) is 0.0758. The minimum Gasteiger partial charge on any atom is -0.478 e. The second-order valence-electron chi connectivity index (χ2n) is 5.88. The summed E-state index contributed by atoms with van der Waals surface area (Å²) in [5, 5.41) is 13.0. The molecule has 2 heterocycles. The first-order valence-electron chi connectivity index (χ1n) is 8.34. The van der Waals surface area contributed by atoms with Gasteiger partial charge >= 0.3 is 5.97 Å². The Kier molecular flexibility index (Phi) is 4.43. The number of para-hydroxylation sites is 1. The number of carboxylic acid groups (broad SMARTS) is 1. The van der Waals surface area contributed by atoms with Crippen LogP contribution in [0.5, 0.6) is 11.6 Å². The fourth-order valence-electron chi connectivity index (χ4n) is 2.66. The first-order valence-corrected chi connectivity index (χ1v) is 8.34. The van der Waals surface area contributed by atoms with Crippen molar-refractivity contribution in [1.82, 2.24) is 15.0 Å². The normalized spacial score (nSPS) is 10.6. The number of benzene rings is 2. The highest BCUT2D eigenvalue weighted by Gasteiger charge is 2.13. The lowest BCUT2D eigenvalue weighted by Gasteiger charge is -2.12. The van der Waals surface area contributed by atoms with E-state index in [1.165, 1.54) is 18.5 Å². The van der Waals surface area contributed by atoms with Crippen LogP contribution in [-0.2, 0) is 0 Å². The van der Waals surface area contributed by atoms with Crippen LogP contribution in [0.15, 0.2) is 67.1 Å². The van der Waals surface area contributed by atoms with E-state index in [9.17, 15) is 4.79 Å². The van der Waals surface area contributed by atoms with Gasteiger partial charge in [-0.1, -0.05) is 18.2 Å². The number of aromatic nitrogens is 3. The lowest BCUT2D eigenvalue weighted by Crippen LogP contribution is -2.03. The summed E-state index contributed by atoms with van der Waals surface area (Å²) in [5.41, 5.74) is 7.91. The number of nitrogen functional groups attached to an aromatic ring is 1. The van der Waals surface area contributed by atoms with Crippen molar-refractivity contribution in [2.75, 3.05) is 11.1 Å². The maximum absolute atomic E-state index is 11.0. The summed E-state index contributed by atoms with van der Waals surface area (Å²) in [4.78, 5) is 23.6. The Hall–Kier alpha value is -4.20. The number of fused-ring (bicyclic) bond motifs is 1. The molecule has 0 aliphatic carbocycles. The van der Waals surface area contributed by atoms with Crippen LogP contribution in [0.1, 0.15) is 10.4 Å². The molecule has 138 valence electrons. The van der Waals surface area contributed by atoms with Gasteiger partial charge in [0.25, 0.3) is 0 Å². The van der Waals surface area contributed by atoms with Crippen LogP contribution >= 0.6 is 0 Å². The zero-order valence-corrected chi connectivity index (χ0v) is 14.5. The summed E-state index contributed by atoms with van der Waals surface area (Å²) in [6, 6.07) is 15.6. The third-order valence-electron chi connectivity index (χ3n) is 4.04. The zero-order chi connectivity index (χ0) is 19.5. The van der Waals surface area contributed by atoms with E-state index in [1.807, 2.05) is 24.3 Å². The van der Waals surface area contributed by atoms with Crippen LogP contribution in [0.3, 0.4) is 0 Å². The van der Waals surface area contributed by atoms with Gasteiger partial charge in [0.15, 0.2) is 11.6 Å². The molecule has 0 bridgehead atoms. The van der Waals surface area contributed by atoms with Gasteiger partial charge in [-0.15, -0.1) is 0 Å². The summed E-state index contributed by atoms with van der Waals surface area (Å²) >= 11 is 0. The standard InChI is InChI=1S/C20H15N5O3/c21-16-18(25-14-8-6-13(7-9-14)20(26)27)23-11-24-19(16)28-15-5-1-3-12-4-2-10-22-17(12)15/h1-11H,21H2,(H,26,27)(H,23,24,25). The smallest absolute Gasteiger partial charge is 0.335 e. The molecular formula is C20H15N5O3. The molecule has 0 fully saturated rings. The van der Waals surface area contributed by atoms with Gasteiger partial charge in [0, 0.05) is 17.3 Å². The Morgan fingerprint density at radius 3 is 2.57 bits per heavy atom. The maximum atomic E-state index is 11.0. The first-order chi connectivity index (χ1) is 13.6. The van der Waals surface area contributed by atoms with Crippen molar-refractivity contribution in [3.05, 3.63) is 72.7 Å². The molecule has 0 aliphatic rings. The molecule has 0 atom stereocenters. The van der Waals surface area contributed by atoms with Crippen molar-refractivity contribution in [1.29, 1.82) is 0 Å². The lowest BCUT2D eigenvalue weighted by molar-refractivity contribution is 0.0697. The van der Waals surface area contributed by atoms with Crippen LogP contribution in [0.2, 0.25) is 0 Å². The molecule has 4 aromatic rings. The molecule has 28 heavy (non-hydrogen) atoms. The highest BCUT2D eigenvalue weighted by atomic mass is 16.5. The van der Waals surface area contributed by atoms with E-state index in [2.05, 4.69) is 20.3 Å². The molecule has 4 N–H and O–H groups in total. The number of carboxylic acids is 1. The molecule has 0 radical (unpaired) electrons. The van der Waals surface area contributed by atoms with Gasteiger partial charge < -0.3 is 20.9 Å². The number of pyridine rings is 1. The number of nitrogens with zero attached hydrogens (tertiary/aromatic N) is 3. The van der Waals surface area contributed by atoms with Gasteiger partial charge in [0.1, 0.15) is 17.5 Å². The summed E-state index contributed by atoms with van der Waals surface area (Å²) in [6.45, 7) is 0. The Morgan fingerprint density at radius 1 is 1.00 bits per heavy atom. The van der Waals surface area contributed by atoms with Gasteiger partial charge in [0.2, 0.25) is 5.88 Å². The third-order valence-corrected chi connectivity index (χ3v) is 4.04. The second kappa shape index (κ2) is 7.20. The Morgan fingerprint density at radius 2 is 1.79 bits per heavy atom. The molecule has 0 amide bonds. The van der Waals surface area contributed by atoms with Crippen molar-refractivity contribution in [3.8, 4) is 11.6 Å². The quantitative estimate of drug-likeness (QED) is 0.482. The van der Waals surface area contributed by atoms with E-state index < -0.39 is 5.97 Å². The molecule has 0 spiro atoms. The number of aromatic carboxylic acids is 1. The van der Waals surface area contributed by atoms with Crippen molar-refractivity contribution >= 4 is 34.1 Å². The predicted octanol–water partition coefficient (Wildman–Crippen LogP) is 3.84. The van der Waals surface area contributed by atoms with Gasteiger partial charge in [0.05, 0.1) is 5.56 Å². The number of rotatable bonds is 5. The minimum atomic E-state index is -0.993. The highest BCUT2D eigenvalue weighted by Crippen LogP contribution is 2.33. The second-order valence-corrected chi connectivity index (χ2v) is 5.88. The van der Waals surface area contributed by atoms with Crippen LogP contribution in [-0.4, -0.2) is 26.0 Å². The Labute approximate surface area is 159 Å².